The molecule has 0 fully saturated rings. The largest absolute Gasteiger partial charge is 0.454 e. The molecule has 0 saturated carbocycles. The van der Waals surface area contributed by atoms with E-state index in [1.807, 2.05) is 0 Å². The molecule has 0 aliphatic heterocycles. The minimum absolute atomic E-state index is 0.211. The van der Waals surface area contributed by atoms with Crippen LogP contribution in [0.4, 0.5) is 13.2 Å². The lowest BCUT2D eigenvalue weighted by atomic mass is 10.2. The fourth-order valence-corrected chi connectivity index (χ4v) is 1.19. The van der Waals surface area contributed by atoms with E-state index in [-0.39, 0.29) is 5.02 Å². The second-order valence-electron chi connectivity index (χ2n) is 2.87. The van der Waals surface area contributed by atoms with Crippen LogP contribution >= 0.6 is 23.2 Å². The Labute approximate surface area is 99.5 Å². The van der Waals surface area contributed by atoms with Crippen molar-refractivity contribution in [2.75, 3.05) is 0 Å². The van der Waals surface area contributed by atoms with Gasteiger partial charge in [0.05, 0.1) is 10.0 Å². The van der Waals surface area contributed by atoms with Gasteiger partial charge in [0.25, 0.3) is 5.78 Å². The van der Waals surface area contributed by atoms with Crippen LogP contribution in [0.1, 0.15) is 5.56 Å². The fourth-order valence-electron chi connectivity index (χ4n) is 0.882. The molecule has 0 aromatic heterocycles. The molecule has 16 heavy (non-hydrogen) atoms. The van der Waals surface area contributed by atoms with Crippen LogP contribution in [0, 0.1) is 0 Å². The van der Waals surface area contributed by atoms with Gasteiger partial charge in [-0.1, -0.05) is 35.3 Å². The standard InChI is InChI=1S/C10H5Cl2F3O/c11-7-3-1-6(5-8(7)12)2-4-9(16)10(13,14)15/h1-5H. The number of ketones is 1. The van der Waals surface area contributed by atoms with E-state index in [0.29, 0.717) is 16.7 Å². The lowest BCUT2D eigenvalue weighted by Gasteiger charge is -2.00. The van der Waals surface area contributed by atoms with Crippen molar-refractivity contribution < 1.29 is 18.0 Å². The van der Waals surface area contributed by atoms with Gasteiger partial charge < -0.3 is 0 Å². The molecule has 0 N–H and O–H groups in total. The Morgan fingerprint density at radius 3 is 2.31 bits per heavy atom. The molecule has 0 unspecified atom stereocenters. The fraction of sp³-hybridized carbons (Fsp3) is 0.100. The minimum atomic E-state index is -4.85. The Morgan fingerprint density at radius 1 is 1.19 bits per heavy atom. The average Bonchev–Trinajstić information content (AvgIpc) is 2.18. The van der Waals surface area contributed by atoms with Crippen LogP contribution in [0.2, 0.25) is 10.0 Å². The third kappa shape index (κ3) is 3.54. The van der Waals surface area contributed by atoms with Crippen molar-refractivity contribution in [3.63, 3.8) is 0 Å². The van der Waals surface area contributed by atoms with Crippen molar-refractivity contribution in [3.8, 4) is 0 Å². The van der Waals surface area contributed by atoms with Gasteiger partial charge in [0, 0.05) is 0 Å². The summed E-state index contributed by atoms with van der Waals surface area (Å²) in [5, 5.41) is 0.504. The zero-order valence-corrected chi connectivity index (χ0v) is 9.20. The average molecular weight is 269 g/mol. The first-order valence-electron chi connectivity index (χ1n) is 4.05. The van der Waals surface area contributed by atoms with Crippen molar-refractivity contribution in [1.82, 2.24) is 0 Å². The van der Waals surface area contributed by atoms with Gasteiger partial charge in [-0.05, 0) is 23.8 Å². The molecule has 0 spiro atoms. The Bertz CT molecular complexity index is 438. The van der Waals surface area contributed by atoms with Crippen molar-refractivity contribution in [3.05, 3.63) is 39.9 Å². The third-order valence-corrected chi connectivity index (χ3v) is 2.39. The highest BCUT2D eigenvalue weighted by molar-refractivity contribution is 6.42. The lowest BCUT2D eigenvalue weighted by molar-refractivity contribution is -0.165. The molecule has 0 bridgehead atoms. The Hall–Kier alpha value is -1.00. The number of hydrogen-bond acceptors (Lipinski definition) is 1. The van der Waals surface area contributed by atoms with Crippen LogP contribution in [0.3, 0.4) is 0 Å². The molecule has 1 aromatic rings. The second-order valence-corrected chi connectivity index (χ2v) is 3.68. The van der Waals surface area contributed by atoms with Crippen molar-refractivity contribution in [2.24, 2.45) is 0 Å². The molecule has 6 heteroatoms. The number of allylic oxidation sites excluding steroid dienone is 1. The summed E-state index contributed by atoms with van der Waals surface area (Å²) in [7, 11) is 0. The molecule has 0 atom stereocenters. The first kappa shape index (κ1) is 13.1. The van der Waals surface area contributed by atoms with Crippen molar-refractivity contribution >= 4 is 35.1 Å². The van der Waals surface area contributed by atoms with Crippen LogP contribution in [-0.2, 0) is 4.79 Å². The summed E-state index contributed by atoms with van der Waals surface area (Å²) in [5.74, 6) is -1.92. The summed E-state index contributed by atoms with van der Waals surface area (Å²) in [5.41, 5.74) is 0.368. The minimum Gasteiger partial charge on any atom is -0.285 e. The number of alkyl halides is 3. The summed E-state index contributed by atoms with van der Waals surface area (Å²) in [4.78, 5) is 10.5. The summed E-state index contributed by atoms with van der Waals surface area (Å²) < 4.78 is 35.5. The first-order valence-corrected chi connectivity index (χ1v) is 4.80. The second kappa shape index (κ2) is 4.89. The summed E-state index contributed by atoms with van der Waals surface area (Å²) in [6, 6.07) is 4.25. The molecule has 1 aromatic carbocycles. The molecule has 0 saturated heterocycles. The quantitative estimate of drug-likeness (QED) is 0.737. The van der Waals surface area contributed by atoms with E-state index < -0.39 is 12.0 Å². The number of carbonyl (C=O) groups is 1. The van der Waals surface area contributed by atoms with Crippen LogP contribution in [-0.4, -0.2) is 12.0 Å². The Balaban J connectivity index is 2.85. The van der Waals surface area contributed by atoms with Gasteiger partial charge in [-0.2, -0.15) is 13.2 Å². The number of rotatable bonds is 2. The van der Waals surface area contributed by atoms with Crippen molar-refractivity contribution in [1.29, 1.82) is 0 Å². The Morgan fingerprint density at radius 2 is 1.81 bits per heavy atom. The first-order chi connectivity index (χ1) is 7.30. The van der Waals surface area contributed by atoms with E-state index >= 15 is 0 Å². The van der Waals surface area contributed by atoms with E-state index in [1.54, 1.807) is 0 Å². The molecule has 0 radical (unpaired) electrons. The lowest BCUT2D eigenvalue weighted by Crippen LogP contribution is -2.19. The molecular formula is C10H5Cl2F3O. The van der Waals surface area contributed by atoms with E-state index in [2.05, 4.69) is 0 Å². The molecule has 1 nitrogen and oxygen atoms in total. The molecule has 1 rings (SSSR count). The monoisotopic (exact) mass is 268 g/mol. The van der Waals surface area contributed by atoms with Gasteiger partial charge >= 0.3 is 6.18 Å². The van der Waals surface area contributed by atoms with Crippen molar-refractivity contribution in [2.45, 2.75) is 6.18 Å². The third-order valence-electron chi connectivity index (χ3n) is 1.65. The van der Waals surface area contributed by atoms with E-state index in [4.69, 9.17) is 23.2 Å². The highest BCUT2D eigenvalue weighted by Crippen LogP contribution is 2.23. The number of benzene rings is 1. The number of halogens is 5. The highest BCUT2D eigenvalue weighted by atomic mass is 35.5. The predicted molar refractivity (Wildman–Crippen MR) is 56.6 cm³/mol. The molecule has 0 amide bonds. The maximum atomic E-state index is 11.8. The highest BCUT2D eigenvalue weighted by Gasteiger charge is 2.35. The van der Waals surface area contributed by atoms with Gasteiger partial charge in [-0.25, -0.2) is 0 Å². The van der Waals surface area contributed by atoms with Crippen LogP contribution in [0.5, 0.6) is 0 Å². The maximum Gasteiger partial charge on any atom is 0.454 e. The zero-order chi connectivity index (χ0) is 12.3. The predicted octanol–water partition coefficient (Wildman–Crippen LogP) is 4.14. The van der Waals surface area contributed by atoms with Gasteiger partial charge in [0.1, 0.15) is 0 Å². The van der Waals surface area contributed by atoms with Crippen LogP contribution in [0.15, 0.2) is 24.3 Å². The van der Waals surface area contributed by atoms with Gasteiger partial charge in [-0.3, -0.25) is 4.79 Å². The van der Waals surface area contributed by atoms with Gasteiger partial charge in [-0.15, -0.1) is 0 Å². The summed E-state index contributed by atoms with van der Waals surface area (Å²) in [6.45, 7) is 0. The smallest absolute Gasteiger partial charge is 0.285 e. The summed E-state index contributed by atoms with van der Waals surface area (Å²) >= 11 is 11.3. The maximum absolute atomic E-state index is 11.8. The molecule has 0 heterocycles. The van der Waals surface area contributed by atoms with Crippen LogP contribution < -0.4 is 0 Å². The summed E-state index contributed by atoms with van der Waals surface area (Å²) in [6.07, 6.45) is -3.38. The van der Waals surface area contributed by atoms with E-state index in [0.717, 1.165) is 6.08 Å². The molecular weight excluding hydrogens is 264 g/mol. The van der Waals surface area contributed by atoms with Gasteiger partial charge in [0.15, 0.2) is 0 Å². The van der Waals surface area contributed by atoms with Gasteiger partial charge in [0.2, 0.25) is 0 Å². The molecule has 0 aliphatic rings. The van der Waals surface area contributed by atoms with E-state index in [9.17, 15) is 18.0 Å². The topological polar surface area (TPSA) is 17.1 Å². The molecule has 0 aliphatic carbocycles. The van der Waals surface area contributed by atoms with E-state index in [1.165, 1.54) is 18.2 Å². The Kier molecular flexibility index (Phi) is 3.99. The number of carbonyl (C=O) groups excluding carboxylic acids is 1. The normalized spacial score (nSPS) is 12.1. The number of hydrogen-bond donors (Lipinski definition) is 0. The SMILES string of the molecule is O=C(C=Cc1ccc(Cl)c(Cl)c1)C(F)(F)F. The molecule has 86 valence electrons. The zero-order valence-electron chi connectivity index (χ0n) is 7.68. The van der Waals surface area contributed by atoms with Crippen LogP contribution in [0.25, 0.3) is 6.08 Å².